The highest BCUT2D eigenvalue weighted by molar-refractivity contribution is 7.92. The van der Waals surface area contributed by atoms with Crippen LogP contribution < -0.4 is 0 Å². The fourth-order valence-corrected chi connectivity index (χ4v) is 3.58. The van der Waals surface area contributed by atoms with Gasteiger partial charge in [0.25, 0.3) is 0 Å². The lowest BCUT2D eigenvalue weighted by Crippen LogP contribution is -2.28. The van der Waals surface area contributed by atoms with E-state index in [0.717, 1.165) is 11.0 Å². The number of sulfonamides is 1. The summed E-state index contributed by atoms with van der Waals surface area (Å²) in [5.74, 6) is -1.75. The molecule has 6 heteroatoms. The van der Waals surface area contributed by atoms with Gasteiger partial charge in [-0.15, -0.1) is 0 Å². The maximum atomic E-state index is 12.2. The third-order valence-electron chi connectivity index (χ3n) is 3.49. The predicted octanol–water partition coefficient (Wildman–Crippen LogP) is 1.64. The summed E-state index contributed by atoms with van der Waals surface area (Å²) in [5.41, 5.74) is 0.790. The number of hydrogen-bond donors (Lipinski definition) is 1. The second-order valence-electron chi connectivity index (χ2n) is 5.00. The molecule has 0 aromatic heterocycles. The number of carboxylic acids is 1. The molecule has 1 heterocycles. The van der Waals surface area contributed by atoms with Crippen molar-refractivity contribution >= 4 is 22.1 Å². The molecule has 1 aromatic carbocycles. The molecule has 0 bridgehead atoms. The highest BCUT2D eigenvalue weighted by Crippen LogP contribution is 2.26. The van der Waals surface area contributed by atoms with Gasteiger partial charge in [0, 0.05) is 18.5 Å². The summed E-state index contributed by atoms with van der Waals surface area (Å²) in [4.78, 5) is 11.0. The van der Waals surface area contributed by atoms with Crippen molar-refractivity contribution in [3.05, 3.63) is 41.3 Å². The van der Waals surface area contributed by atoms with E-state index in [1.165, 1.54) is 10.4 Å². The van der Waals surface area contributed by atoms with E-state index < -0.39 is 21.9 Å². The molecule has 1 aliphatic rings. The lowest BCUT2D eigenvalue weighted by atomic mass is 9.99. The van der Waals surface area contributed by atoms with Gasteiger partial charge in [-0.25, -0.2) is 8.42 Å². The van der Waals surface area contributed by atoms with Gasteiger partial charge in [-0.3, -0.25) is 4.79 Å². The van der Waals surface area contributed by atoms with Gasteiger partial charge in [0.1, 0.15) is 0 Å². The van der Waals surface area contributed by atoms with Crippen LogP contribution in [0.15, 0.2) is 35.7 Å². The van der Waals surface area contributed by atoms with E-state index in [-0.39, 0.29) is 19.0 Å². The van der Waals surface area contributed by atoms with Crippen LogP contribution in [-0.4, -0.2) is 36.9 Å². The summed E-state index contributed by atoms with van der Waals surface area (Å²) in [6.07, 6.45) is 1.52. The molecule has 0 unspecified atom stereocenters. The zero-order chi connectivity index (χ0) is 14.8. The smallest absolute Gasteiger partial charge is 0.308 e. The Bertz CT molecular complexity index is 609. The van der Waals surface area contributed by atoms with Crippen molar-refractivity contribution in [2.45, 2.75) is 6.92 Å². The molecule has 108 valence electrons. The first kappa shape index (κ1) is 14.7. The maximum Gasteiger partial charge on any atom is 0.308 e. The molecular formula is C14H17NO4S. The molecule has 2 atom stereocenters. The largest absolute Gasteiger partial charge is 0.481 e. The molecule has 0 amide bonds. The van der Waals surface area contributed by atoms with Crippen LogP contribution in [-0.2, 0) is 14.8 Å². The Kier molecular flexibility index (Phi) is 4.25. The van der Waals surface area contributed by atoms with Crippen molar-refractivity contribution < 1.29 is 18.3 Å². The van der Waals surface area contributed by atoms with Crippen LogP contribution in [0.3, 0.4) is 0 Å². The van der Waals surface area contributed by atoms with Crippen LogP contribution in [0.5, 0.6) is 0 Å². The lowest BCUT2D eigenvalue weighted by Gasteiger charge is -2.12. The molecule has 1 aliphatic heterocycles. The first-order valence-electron chi connectivity index (χ1n) is 6.36. The summed E-state index contributed by atoms with van der Waals surface area (Å²) < 4.78 is 25.6. The summed E-state index contributed by atoms with van der Waals surface area (Å²) in [6.45, 7) is 2.05. The van der Waals surface area contributed by atoms with E-state index >= 15 is 0 Å². The van der Waals surface area contributed by atoms with Crippen LogP contribution in [0.25, 0.3) is 6.08 Å². The fraction of sp³-hybridized carbons (Fsp3) is 0.357. The average molecular weight is 295 g/mol. The van der Waals surface area contributed by atoms with E-state index in [2.05, 4.69) is 0 Å². The summed E-state index contributed by atoms with van der Waals surface area (Å²) in [6, 6.07) is 9.11. The maximum absolute atomic E-state index is 12.2. The summed E-state index contributed by atoms with van der Waals surface area (Å²) in [7, 11) is -3.57. The van der Waals surface area contributed by atoms with E-state index in [0.29, 0.717) is 0 Å². The van der Waals surface area contributed by atoms with Crippen LogP contribution in [0.4, 0.5) is 0 Å². The standard InChI is InChI=1S/C14H17NO4S/c1-11-9-15(10-13(11)14(16)17)20(18,19)8-7-12-5-3-2-4-6-12/h2-8,11,13H,9-10H2,1H3,(H,16,17)/b8-7+/t11-,13-/m1/s1. The van der Waals surface area contributed by atoms with Gasteiger partial charge >= 0.3 is 5.97 Å². The number of rotatable bonds is 4. The number of carbonyl (C=O) groups is 1. The second kappa shape index (κ2) is 5.76. The zero-order valence-corrected chi connectivity index (χ0v) is 12.0. The highest BCUT2D eigenvalue weighted by atomic mass is 32.2. The van der Waals surface area contributed by atoms with Crippen molar-refractivity contribution in [1.29, 1.82) is 0 Å². The Morgan fingerprint density at radius 3 is 2.50 bits per heavy atom. The Morgan fingerprint density at radius 2 is 1.95 bits per heavy atom. The van der Waals surface area contributed by atoms with Crippen molar-refractivity contribution in [2.75, 3.05) is 13.1 Å². The van der Waals surface area contributed by atoms with Gasteiger partial charge in [0.2, 0.25) is 10.0 Å². The number of carboxylic acid groups (broad SMARTS) is 1. The normalized spacial score (nSPS) is 24.2. The van der Waals surface area contributed by atoms with Crippen LogP contribution in [0, 0.1) is 11.8 Å². The number of benzene rings is 1. The van der Waals surface area contributed by atoms with Gasteiger partial charge in [-0.1, -0.05) is 37.3 Å². The minimum Gasteiger partial charge on any atom is -0.481 e. The molecule has 0 saturated carbocycles. The Morgan fingerprint density at radius 1 is 1.30 bits per heavy atom. The van der Waals surface area contributed by atoms with Crippen LogP contribution >= 0.6 is 0 Å². The zero-order valence-electron chi connectivity index (χ0n) is 11.1. The number of nitrogens with zero attached hydrogens (tertiary/aromatic N) is 1. The third-order valence-corrected chi connectivity index (χ3v) is 4.99. The summed E-state index contributed by atoms with van der Waals surface area (Å²) >= 11 is 0. The highest BCUT2D eigenvalue weighted by Gasteiger charge is 2.39. The van der Waals surface area contributed by atoms with Crippen molar-refractivity contribution in [3.8, 4) is 0 Å². The molecule has 1 saturated heterocycles. The molecule has 1 fully saturated rings. The molecule has 0 aliphatic carbocycles. The van der Waals surface area contributed by atoms with Gasteiger partial charge in [-0.05, 0) is 17.6 Å². The first-order valence-corrected chi connectivity index (χ1v) is 7.86. The number of aliphatic carboxylic acids is 1. The minimum atomic E-state index is -3.57. The quantitative estimate of drug-likeness (QED) is 0.916. The first-order chi connectivity index (χ1) is 9.40. The van der Waals surface area contributed by atoms with Crippen LogP contribution in [0.2, 0.25) is 0 Å². The molecule has 5 nitrogen and oxygen atoms in total. The molecule has 20 heavy (non-hydrogen) atoms. The molecule has 0 radical (unpaired) electrons. The lowest BCUT2D eigenvalue weighted by molar-refractivity contribution is -0.142. The Hall–Kier alpha value is -1.66. The molecule has 1 N–H and O–H groups in total. The molecule has 1 aromatic rings. The molecule has 0 spiro atoms. The second-order valence-corrected chi connectivity index (χ2v) is 6.82. The average Bonchev–Trinajstić information content (AvgIpc) is 2.81. The minimum absolute atomic E-state index is 0.0396. The third kappa shape index (κ3) is 3.26. The van der Waals surface area contributed by atoms with Crippen molar-refractivity contribution in [2.24, 2.45) is 11.8 Å². The van der Waals surface area contributed by atoms with Gasteiger partial charge < -0.3 is 5.11 Å². The van der Waals surface area contributed by atoms with E-state index in [1.54, 1.807) is 19.1 Å². The van der Waals surface area contributed by atoms with Crippen molar-refractivity contribution in [3.63, 3.8) is 0 Å². The van der Waals surface area contributed by atoms with E-state index in [9.17, 15) is 13.2 Å². The number of hydrogen-bond acceptors (Lipinski definition) is 3. The van der Waals surface area contributed by atoms with Gasteiger partial charge in [-0.2, -0.15) is 4.31 Å². The van der Waals surface area contributed by atoms with E-state index in [1.807, 2.05) is 18.2 Å². The van der Waals surface area contributed by atoms with Gasteiger partial charge in [0.15, 0.2) is 0 Å². The monoisotopic (exact) mass is 295 g/mol. The Labute approximate surface area is 118 Å². The fourth-order valence-electron chi connectivity index (χ4n) is 2.27. The summed E-state index contributed by atoms with van der Waals surface area (Å²) in [5, 5.41) is 10.2. The molecular weight excluding hydrogens is 278 g/mol. The van der Waals surface area contributed by atoms with Crippen LogP contribution in [0.1, 0.15) is 12.5 Å². The van der Waals surface area contributed by atoms with Crippen molar-refractivity contribution in [1.82, 2.24) is 4.31 Å². The van der Waals surface area contributed by atoms with Gasteiger partial charge in [0.05, 0.1) is 5.92 Å². The molecule has 2 rings (SSSR count). The SMILES string of the molecule is C[C@@H]1CN(S(=O)(=O)/C=C/c2ccccc2)C[C@H]1C(=O)O. The topological polar surface area (TPSA) is 74.7 Å². The van der Waals surface area contributed by atoms with E-state index in [4.69, 9.17) is 5.11 Å². The Balaban J connectivity index is 2.12. The predicted molar refractivity (Wildman–Crippen MR) is 76.3 cm³/mol.